The van der Waals surface area contributed by atoms with Crippen molar-refractivity contribution in [3.05, 3.63) is 34.9 Å². The maximum absolute atomic E-state index is 12.0. The van der Waals surface area contributed by atoms with Gasteiger partial charge in [0, 0.05) is 19.1 Å². The van der Waals surface area contributed by atoms with E-state index in [1.807, 2.05) is 13.8 Å². The Balaban J connectivity index is 2.04. The third kappa shape index (κ3) is 3.78. The van der Waals surface area contributed by atoms with Gasteiger partial charge in [-0.1, -0.05) is 37.1 Å². The molecule has 1 aromatic rings. The van der Waals surface area contributed by atoms with Crippen molar-refractivity contribution in [2.75, 3.05) is 12.3 Å². The van der Waals surface area contributed by atoms with Crippen LogP contribution >= 0.6 is 0 Å². The standard InChI is InChI=1S/C14H22N2O2S/c1-3-4-7-16-19(17,18)10-14-13-8-11(2)5-6-12(13)9-15-14/h5-6,8,14-16H,3-4,7,9-10H2,1-2H3. The Labute approximate surface area is 115 Å². The highest BCUT2D eigenvalue weighted by Crippen LogP contribution is 2.27. The topological polar surface area (TPSA) is 58.2 Å². The molecule has 2 N–H and O–H groups in total. The summed E-state index contributed by atoms with van der Waals surface area (Å²) in [6.45, 7) is 5.37. The molecule has 2 rings (SSSR count). The van der Waals surface area contributed by atoms with Crippen molar-refractivity contribution >= 4 is 10.0 Å². The molecule has 1 aliphatic rings. The number of fused-ring (bicyclic) bond motifs is 1. The lowest BCUT2D eigenvalue weighted by atomic mass is 10.0. The van der Waals surface area contributed by atoms with Gasteiger partial charge in [0.25, 0.3) is 0 Å². The van der Waals surface area contributed by atoms with Crippen molar-refractivity contribution in [2.45, 2.75) is 39.3 Å². The number of unbranched alkanes of at least 4 members (excludes halogenated alkanes) is 1. The van der Waals surface area contributed by atoms with E-state index in [0.717, 1.165) is 24.9 Å². The van der Waals surface area contributed by atoms with Crippen LogP contribution in [0, 0.1) is 6.92 Å². The summed E-state index contributed by atoms with van der Waals surface area (Å²) in [6, 6.07) is 6.14. The average molecular weight is 282 g/mol. The Morgan fingerprint density at radius 1 is 1.42 bits per heavy atom. The maximum Gasteiger partial charge on any atom is 0.213 e. The molecule has 4 nitrogen and oxygen atoms in total. The van der Waals surface area contributed by atoms with Crippen LogP contribution in [0.3, 0.4) is 0 Å². The molecule has 0 aliphatic carbocycles. The fourth-order valence-electron chi connectivity index (χ4n) is 2.37. The van der Waals surface area contributed by atoms with E-state index in [1.54, 1.807) is 0 Å². The first-order valence-electron chi connectivity index (χ1n) is 6.82. The van der Waals surface area contributed by atoms with Crippen molar-refractivity contribution in [3.63, 3.8) is 0 Å². The van der Waals surface area contributed by atoms with Gasteiger partial charge in [-0.15, -0.1) is 0 Å². The lowest BCUT2D eigenvalue weighted by Gasteiger charge is -2.13. The molecule has 106 valence electrons. The zero-order valence-corrected chi connectivity index (χ0v) is 12.4. The molecule has 0 saturated carbocycles. The van der Waals surface area contributed by atoms with Crippen LogP contribution < -0.4 is 10.0 Å². The Morgan fingerprint density at radius 2 is 2.21 bits per heavy atom. The van der Waals surface area contributed by atoms with Crippen molar-refractivity contribution < 1.29 is 8.42 Å². The predicted molar refractivity (Wildman–Crippen MR) is 77.5 cm³/mol. The number of aryl methyl sites for hydroxylation is 1. The molecule has 1 aromatic carbocycles. The molecule has 1 unspecified atom stereocenters. The Hall–Kier alpha value is -0.910. The number of hydrogen-bond donors (Lipinski definition) is 2. The molecule has 0 aromatic heterocycles. The minimum Gasteiger partial charge on any atom is -0.305 e. The van der Waals surface area contributed by atoms with Gasteiger partial charge in [0.2, 0.25) is 10.0 Å². The summed E-state index contributed by atoms with van der Waals surface area (Å²) in [4.78, 5) is 0. The van der Waals surface area contributed by atoms with E-state index in [2.05, 4.69) is 28.2 Å². The van der Waals surface area contributed by atoms with Gasteiger partial charge in [-0.05, 0) is 24.5 Å². The van der Waals surface area contributed by atoms with Crippen LogP contribution in [0.5, 0.6) is 0 Å². The minimum absolute atomic E-state index is 0.0889. The summed E-state index contributed by atoms with van der Waals surface area (Å²) in [5, 5.41) is 3.28. The molecule has 0 saturated heterocycles. The highest BCUT2D eigenvalue weighted by Gasteiger charge is 2.26. The first-order chi connectivity index (χ1) is 9.02. The van der Waals surface area contributed by atoms with E-state index >= 15 is 0 Å². The summed E-state index contributed by atoms with van der Waals surface area (Å²) in [5.74, 6) is 0.118. The molecule has 0 spiro atoms. The third-order valence-corrected chi connectivity index (χ3v) is 4.87. The van der Waals surface area contributed by atoms with Gasteiger partial charge in [-0.25, -0.2) is 13.1 Å². The van der Waals surface area contributed by atoms with Crippen LogP contribution in [0.25, 0.3) is 0 Å². The van der Waals surface area contributed by atoms with Gasteiger partial charge < -0.3 is 5.32 Å². The lowest BCUT2D eigenvalue weighted by molar-refractivity contribution is 0.557. The Bertz CT molecular complexity index is 540. The maximum atomic E-state index is 12.0. The SMILES string of the molecule is CCCCNS(=O)(=O)CC1NCc2ccc(C)cc21. The smallest absolute Gasteiger partial charge is 0.213 e. The van der Waals surface area contributed by atoms with Crippen molar-refractivity contribution in [1.29, 1.82) is 0 Å². The van der Waals surface area contributed by atoms with Gasteiger partial charge in [-0.3, -0.25) is 0 Å². The summed E-state index contributed by atoms with van der Waals surface area (Å²) in [5.41, 5.74) is 3.50. The fourth-order valence-corrected chi connectivity index (χ4v) is 3.68. The average Bonchev–Trinajstić information content (AvgIpc) is 2.71. The highest BCUT2D eigenvalue weighted by atomic mass is 32.2. The van der Waals surface area contributed by atoms with Crippen LogP contribution in [0.15, 0.2) is 18.2 Å². The fraction of sp³-hybridized carbons (Fsp3) is 0.571. The zero-order valence-electron chi connectivity index (χ0n) is 11.6. The number of nitrogens with one attached hydrogen (secondary N) is 2. The zero-order chi connectivity index (χ0) is 13.9. The summed E-state index contributed by atoms with van der Waals surface area (Å²) in [6.07, 6.45) is 1.87. The normalized spacial score (nSPS) is 18.5. The molecule has 0 bridgehead atoms. The molecule has 1 heterocycles. The van der Waals surface area contributed by atoms with Gasteiger partial charge in [0.05, 0.1) is 5.75 Å². The van der Waals surface area contributed by atoms with Crippen LogP contribution in [0.4, 0.5) is 0 Å². The van der Waals surface area contributed by atoms with E-state index < -0.39 is 10.0 Å². The van der Waals surface area contributed by atoms with E-state index in [9.17, 15) is 8.42 Å². The molecule has 5 heteroatoms. The number of sulfonamides is 1. The summed E-state index contributed by atoms with van der Waals surface area (Å²) in [7, 11) is -3.21. The third-order valence-electron chi connectivity index (χ3n) is 3.45. The van der Waals surface area contributed by atoms with Gasteiger partial charge in [-0.2, -0.15) is 0 Å². The van der Waals surface area contributed by atoms with Crippen molar-refractivity contribution in [2.24, 2.45) is 0 Å². The molecule has 0 radical (unpaired) electrons. The van der Waals surface area contributed by atoms with Crippen LogP contribution in [0.1, 0.15) is 42.5 Å². The van der Waals surface area contributed by atoms with Crippen molar-refractivity contribution in [3.8, 4) is 0 Å². The molecule has 19 heavy (non-hydrogen) atoms. The predicted octanol–water partition coefficient (Wildman–Crippen LogP) is 1.86. The number of hydrogen-bond acceptors (Lipinski definition) is 3. The van der Waals surface area contributed by atoms with Crippen LogP contribution in [0.2, 0.25) is 0 Å². The van der Waals surface area contributed by atoms with Gasteiger partial charge >= 0.3 is 0 Å². The van der Waals surface area contributed by atoms with E-state index in [0.29, 0.717) is 6.54 Å². The molecule has 0 amide bonds. The lowest BCUT2D eigenvalue weighted by Crippen LogP contribution is -2.32. The second kappa shape index (κ2) is 6.03. The first-order valence-corrected chi connectivity index (χ1v) is 8.47. The second-order valence-corrected chi connectivity index (χ2v) is 7.02. The molecular weight excluding hydrogens is 260 g/mol. The van der Waals surface area contributed by atoms with Crippen LogP contribution in [-0.4, -0.2) is 20.7 Å². The van der Waals surface area contributed by atoms with Gasteiger partial charge in [0.1, 0.15) is 0 Å². The van der Waals surface area contributed by atoms with E-state index in [-0.39, 0.29) is 11.8 Å². The molecular formula is C14H22N2O2S. The Morgan fingerprint density at radius 3 is 2.95 bits per heavy atom. The monoisotopic (exact) mass is 282 g/mol. The Kier molecular flexibility index (Phi) is 4.60. The van der Waals surface area contributed by atoms with Crippen molar-refractivity contribution in [1.82, 2.24) is 10.0 Å². The quantitative estimate of drug-likeness (QED) is 0.783. The van der Waals surface area contributed by atoms with E-state index in [1.165, 1.54) is 11.1 Å². The summed E-state index contributed by atoms with van der Waals surface area (Å²) < 4.78 is 26.7. The highest BCUT2D eigenvalue weighted by molar-refractivity contribution is 7.89. The first kappa shape index (κ1) is 14.5. The molecule has 1 atom stereocenters. The second-order valence-electron chi connectivity index (χ2n) is 5.17. The summed E-state index contributed by atoms with van der Waals surface area (Å²) >= 11 is 0. The number of rotatable bonds is 6. The van der Waals surface area contributed by atoms with Gasteiger partial charge in [0.15, 0.2) is 0 Å². The van der Waals surface area contributed by atoms with E-state index in [4.69, 9.17) is 0 Å². The minimum atomic E-state index is -3.21. The number of benzene rings is 1. The molecule has 1 aliphatic heterocycles. The largest absolute Gasteiger partial charge is 0.305 e. The molecule has 0 fully saturated rings. The van der Waals surface area contributed by atoms with Crippen LogP contribution in [-0.2, 0) is 16.6 Å².